The van der Waals surface area contributed by atoms with Gasteiger partial charge in [0.2, 0.25) is 5.91 Å². The van der Waals surface area contributed by atoms with Crippen molar-refractivity contribution in [2.75, 3.05) is 53.2 Å². The van der Waals surface area contributed by atoms with Crippen molar-refractivity contribution < 1.29 is 19.0 Å². The van der Waals surface area contributed by atoms with Crippen LogP contribution in [0.3, 0.4) is 0 Å². The minimum atomic E-state index is 0. The number of rotatable bonds is 8. The molecular weight excluding hydrogens is 320 g/mol. The molecule has 7 heteroatoms. The number of nitrogens with one attached hydrogen (secondary N) is 2. The van der Waals surface area contributed by atoms with E-state index in [1.165, 1.54) is 0 Å². The number of ether oxygens (including phenoxy) is 3. The molecule has 2 heterocycles. The van der Waals surface area contributed by atoms with E-state index in [9.17, 15) is 4.79 Å². The Hall–Kier alpha value is -0.400. The lowest BCUT2D eigenvalue weighted by Gasteiger charge is -2.37. The summed E-state index contributed by atoms with van der Waals surface area (Å²) in [5.74, 6) is 0.0704. The number of piperidine rings is 1. The van der Waals surface area contributed by atoms with Crippen LogP contribution in [0.15, 0.2) is 0 Å². The molecule has 2 N–H and O–H groups in total. The Balaban J connectivity index is 0.00000264. The molecule has 2 rings (SSSR count). The molecule has 0 aromatic rings. The average molecular weight is 351 g/mol. The average Bonchev–Trinajstić information content (AvgIpc) is 2.55. The minimum absolute atomic E-state index is 0. The predicted octanol–water partition coefficient (Wildman–Crippen LogP) is 1.13. The maximum absolute atomic E-state index is 12.0. The number of methoxy groups -OCH3 is 1. The largest absolute Gasteiger partial charge is 0.384 e. The first-order valence-corrected chi connectivity index (χ1v) is 8.40. The summed E-state index contributed by atoms with van der Waals surface area (Å²) in [5, 5.41) is 6.42. The SMILES string of the molecule is COCC1(CNC(=O)CCOC2CCOCC2)CCNCC1.Cl. The summed E-state index contributed by atoms with van der Waals surface area (Å²) in [6.07, 6.45) is 4.64. The molecule has 0 unspecified atom stereocenters. The van der Waals surface area contributed by atoms with Gasteiger partial charge in [-0.05, 0) is 38.8 Å². The molecule has 0 aromatic carbocycles. The monoisotopic (exact) mass is 350 g/mol. The zero-order chi connectivity index (χ0) is 15.7. The topological polar surface area (TPSA) is 68.8 Å². The summed E-state index contributed by atoms with van der Waals surface area (Å²) in [4.78, 5) is 12.0. The van der Waals surface area contributed by atoms with Gasteiger partial charge >= 0.3 is 0 Å². The van der Waals surface area contributed by atoms with Gasteiger partial charge in [0.25, 0.3) is 0 Å². The molecule has 0 aromatic heterocycles. The van der Waals surface area contributed by atoms with E-state index >= 15 is 0 Å². The van der Waals surface area contributed by atoms with Crippen LogP contribution < -0.4 is 10.6 Å². The van der Waals surface area contributed by atoms with Crippen molar-refractivity contribution >= 4 is 18.3 Å². The minimum Gasteiger partial charge on any atom is -0.384 e. The molecule has 2 aliphatic rings. The second-order valence-corrected chi connectivity index (χ2v) is 6.39. The molecule has 0 saturated carbocycles. The second kappa shape index (κ2) is 11.2. The van der Waals surface area contributed by atoms with Crippen molar-refractivity contribution in [1.82, 2.24) is 10.6 Å². The summed E-state index contributed by atoms with van der Waals surface area (Å²) in [7, 11) is 1.73. The summed E-state index contributed by atoms with van der Waals surface area (Å²) < 4.78 is 16.4. The number of halogens is 1. The molecule has 1 amide bonds. The highest BCUT2D eigenvalue weighted by Gasteiger charge is 2.32. The van der Waals surface area contributed by atoms with Gasteiger partial charge in [0.1, 0.15) is 0 Å². The standard InChI is InChI=1S/C16H30N2O4.ClH/c1-20-13-16(5-7-17-8-6-16)12-18-15(19)4-11-22-14-2-9-21-10-3-14;/h14,17H,2-13H2,1H3,(H,18,19);1H. The van der Waals surface area contributed by atoms with E-state index in [0.29, 0.717) is 26.2 Å². The summed E-state index contributed by atoms with van der Waals surface area (Å²) in [5.41, 5.74) is 0.0806. The Bertz CT molecular complexity index is 327. The molecular formula is C16H31ClN2O4. The van der Waals surface area contributed by atoms with Crippen molar-refractivity contribution in [3.63, 3.8) is 0 Å². The first kappa shape index (κ1) is 20.6. The molecule has 0 radical (unpaired) electrons. The molecule has 2 aliphatic heterocycles. The number of hydrogen-bond acceptors (Lipinski definition) is 5. The first-order chi connectivity index (χ1) is 10.7. The van der Waals surface area contributed by atoms with Gasteiger partial charge in [-0.2, -0.15) is 0 Å². The second-order valence-electron chi connectivity index (χ2n) is 6.39. The van der Waals surface area contributed by atoms with Crippen LogP contribution in [0.5, 0.6) is 0 Å². The van der Waals surface area contributed by atoms with Gasteiger partial charge in [-0.25, -0.2) is 0 Å². The molecule has 136 valence electrons. The van der Waals surface area contributed by atoms with Crippen molar-refractivity contribution in [1.29, 1.82) is 0 Å². The molecule has 2 fully saturated rings. The molecule has 6 nitrogen and oxygen atoms in total. The van der Waals surface area contributed by atoms with Crippen molar-refractivity contribution in [2.45, 2.75) is 38.2 Å². The van der Waals surface area contributed by atoms with Crippen molar-refractivity contribution in [3.8, 4) is 0 Å². The van der Waals surface area contributed by atoms with Gasteiger partial charge < -0.3 is 24.8 Å². The lowest BCUT2D eigenvalue weighted by atomic mass is 9.79. The van der Waals surface area contributed by atoms with Gasteiger partial charge in [0, 0.05) is 38.7 Å². The molecule has 23 heavy (non-hydrogen) atoms. The zero-order valence-electron chi connectivity index (χ0n) is 14.1. The van der Waals surface area contributed by atoms with E-state index in [1.807, 2.05) is 0 Å². The molecule has 0 atom stereocenters. The van der Waals surface area contributed by atoms with Crippen LogP contribution in [-0.4, -0.2) is 65.2 Å². The van der Waals surface area contributed by atoms with Crippen LogP contribution in [0.2, 0.25) is 0 Å². The summed E-state index contributed by atoms with van der Waals surface area (Å²) >= 11 is 0. The Labute approximate surface area is 145 Å². The Morgan fingerprint density at radius 3 is 2.65 bits per heavy atom. The van der Waals surface area contributed by atoms with Crippen molar-refractivity contribution in [3.05, 3.63) is 0 Å². The highest BCUT2D eigenvalue weighted by molar-refractivity contribution is 5.85. The quantitative estimate of drug-likeness (QED) is 0.686. The van der Waals surface area contributed by atoms with Gasteiger partial charge in [-0.3, -0.25) is 4.79 Å². The van der Waals surface area contributed by atoms with E-state index in [2.05, 4.69) is 10.6 Å². The molecule has 0 aliphatic carbocycles. The Morgan fingerprint density at radius 2 is 2.00 bits per heavy atom. The normalized spacial score (nSPS) is 21.4. The van der Waals surface area contributed by atoms with Crippen LogP contribution in [0.1, 0.15) is 32.1 Å². The smallest absolute Gasteiger partial charge is 0.222 e. The molecule has 0 spiro atoms. The maximum atomic E-state index is 12.0. The van der Waals surface area contributed by atoms with Gasteiger partial charge in [-0.15, -0.1) is 12.4 Å². The Morgan fingerprint density at radius 1 is 1.30 bits per heavy atom. The zero-order valence-corrected chi connectivity index (χ0v) is 14.9. The highest BCUT2D eigenvalue weighted by atomic mass is 35.5. The first-order valence-electron chi connectivity index (χ1n) is 8.40. The van der Waals surface area contributed by atoms with E-state index < -0.39 is 0 Å². The van der Waals surface area contributed by atoms with E-state index in [0.717, 1.165) is 52.0 Å². The van der Waals surface area contributed by atoms with Crippen LogP contribution in [0, 0.1) is 5.41 Å². The number of carbonyl (C=O) groups excluding carboxylic acids is 1. The third kappa shape index (κ3) is 7.35. The number of amides is 1. The van der Waals surface area contributed by atoms with Crippen LogP contribution in [-0.2, 0) is 19.0 Å². The third-order valence-corrected chi connectivity index (χ3v) is 4.63. The lowest BCUT2D eigenvalue weighted by Crippen LogP contribution is -2.47. The number of carbonyl (C=O) groups is 1. The van der Waals surface area contributed by atoms with Crippen LogP contribution in [0.4, 0.5) is 0 Å². The van der Waals surface area contributed by atoms with E-state index in [1.54, 1.807) is 7.11 Å². The fourth-order valence-corrected chi connectivity index (χ4v) is 3.17. The molecule has 2 saturated heterocycles. The molecule has 0 bridgehead atoms. The van der Waals surface area contributed by atoms with E-state index in [-0.39, 0.29) is 29.8 Å². The predicted molar refractivity (Wildman–Crippen MR) is 91.1 cm³/mol. The van der Waals surface area contributed by atoms with Crippen LogP contribution in [0.25, 0.3) is 0 Å². The van der Waals surface area contributed by atoms with E-state index in [4.69, 9.17) is 14.2 Å². The van der Waals surface area contributed by atoms with Gasteiger partial charge in [0.15, 0.2) is 0 Å². The third-order valence-electron chi connectivity index (χ3n) is 4.63. The Kier molecular flexibility index (Phi) is 10.1. The lowest BCUT2D eigenvalue weighted by molar-refractivity contribution is -0.124. The van der Waals surface area contributed by atoms with Gasteiger partial charge in [0.05, 0.1) is 19.3 Å². The van der Waals surface area contributed by atoms with Crippen LogP contribution >= 0.6 is 12.4 Å². The number of hydrogen-bond donors (Lipinski definition) is 2. The summed E-state index contributed by atoms with van der Waals surface area (Å²) in [6.45, 7) is 5.41. The fraction of sp³-hybridized carbons (Fsp3) is 0.938. The van der Waals surface area contributed by atoms with Crippen molar-refractivity contribution in [2.24, 2.45) is 5.41 Å². The maximum Gasteiger partial charge on any atom is 0.222 e. The fourth-order valence-electron chi connectivity index (χ4n) is 3.17. The summed E-state index contributed by atoms with van der Waals surface area (Å²) in [6, 6.07) is 0. The van der Waals surface area contributed by atoms with Gasteiger partial charge in [-0.1, -0.05) is 0 Å². The highest BCUT2D eigenvalue weighted by Crippen LogP contribution is 2.28.